The highest BCUT2D eigenvalue weighted by molar-refractivity contribution is 7.21. The third-order valence-electron chi connectivity index (χ3n) is 4.55. The van der Waals surface area contributed by atoms with Crippen molar-refractivity contribution in [3.05, 3.63) is 52.3 Å². The fourth-order valence-electron chi connectivity index (χ4n) is 3.11. The van der Waals surface area contributed by atoms with E-state index < -0.39 is 0 Å². The van der Waals surface area contributed by atoms with E-state index in [2.05, 4.69) is 22.2 Å². The smallest absolute Gasteiger partial charge is 0.269 e. The van der Waals surface area contributed by atoms with E-state index in [4.69, 9.17) is 10.5 Å². The highest BCUT2D eigenvalue weighted by Crippen LogP contribution is 2.34. The minimum atomic E-state index is -0.264. The number of nitrogens with one attached hydrogen (secondary N) is 1. The molecule has 3 aromatic heterocycles. The minimum Gasteiger partial charge on any atom is -0.494 e. The molecule has 6 nitrogen and oxygen atoms in total. The molecule has 0 saturated heterocycles. The van der Waals surface area contributed by atoms with Crippen molar-refractivity contribution in [1.82, 2.24) is 9.97 Å². The average Bonchev–Trinajstić information content (AvgIpc) is 3.34. The van der Waals surface area contributed by atoms with Crippen LogP contribution in [0.4, 0.5) is 10.8 Å². The van der Waals surface area contributed by atoms with E-state index in [0.717, 1.165) is 45.8 Å². The number of ether oxygens (including phenoxy) is 1. The lowest BCUT2D eigenvalue weighted by Gasteiger charge is -2.03. The highest BCUT2D eigenvalue weighted by atomic mass is 32.1. The molecule has 8 heteroatoms. The summed E-state index contributed by atoms with van der Waals surface area (Å²) in [4.78, 5) is 23.2. The van der Waals surface area contributed by atoms with E-state index in [9.17, 15) is 4.79 Å². The summed E-state index contributed by atoms with van der Waals surface area (Å²) >= 11 is 2.69. The molecule has 0 aliphatic carbocycles. The molecule has 1 amide bonds. The Morgan fingerprint density at radius 3 is 2.67 bits per heavy atom. The molecule has 30 heavy (non-hydrogen) atoms. The van der Waals surface area contributed by atoms with Gasteiger partial charge in [0.05, 0.1) is 18.0 Å². The number of amides is 1. The molecule has 1 aromatic carbocycles. The Morgan fingerprint density at radius 1 is 1.13 bits per heavy atom. The van der Waals surface area contributed by atoms with Gasteiger partial charge in [-0.2, -0.15) is 0 Å². The number of carbonyl (C=O) groups excluding carboxylic acids is 1. The van der Waals surface area contributed by atoms with Crippen molar-refractivity contribution in [2.75, 3.05) is 17.7 Å². The molecule has 3 heterocycles. The Bertz CT molecular complexity index is 1180. The summed E-state index contributed by atoms with van der Waals surface area (Å²) in [7, 11) is 0. The molecule has 4 rings (SSSR count). The van der Waals surface area contributed by atoms with Crippen LogP contribution in [0, 0.1) is 0 Å². The normalized spacial score (nSPS) is 11.0. The standard InChI is InChI=1S/C22H22N4O2S2/c1-3-5-14-8-11-16-18(23)19(30-21(16)24-14)20(27)26-22-25-17(12-29-22)13-6-9-15(10-7-13)28-4-2/h6-12H,3-5,23H2,1-2H3,(H,25,26,27). The second-order valence-corrected chi connectivity index (χ2v) is 8.56. The van der Waals surface area contributed by atoms with Crippen molar-refractivity contribution >= 4 is 49.6 Å². The Morgan fingerprint density at radius 2 is 1.93 bits per heavy atom. The lowest BCUT2D eigenvalue weighted by Crippen LogP contribution is -2.11. The number of carbonyl (C=O) groups is 1. The fraction of sp³-hybridized carbons (Fsp3) is 0.227. The number of nitrogens with two attached hydrogens (primary N) is 1. The molecule has 0 unspecified atom stereocenters. The summed E-state index contributed by atoms with van der Waals surface area (Å²) in [5, 5.41) is 6.13. The molecule has 0 fully saturated rings. The zero-order valence-electron chi connectivity index (χ0n) is 16.8. The number of hydrogen-bond donors (Lipinski definition) is 2. The van der Waals surface area contributed by atoms with Gasteiger partial charge in [0.2, 0.25) is 0 Å². The van der Waals surface area contributed by atoms with E-state index in [1.54, 1.807) is 0 Å². The van der Waals surface area contributed by atoms with Gasteiger partial charge in [0.15, 0.2) is 5.13 Å². The first-order valence-corrected chi connectivity index (χ1v) is 11.5. The second kappa shape index (κ2) is 8.81. The summed E-state index contributed by atoms with van der Waals surface area (Å²) in [5.74, 6) is 0.557. The number of thiazole rings is 1. The van der Waals surface area contributed by atoms with Crippen molar-refractivity contribution in [3.8, 4) is 17.0 Å². The van der Waals surface area contributed by atoms with Crippen LogP contribution in [-0.4, -0.2) is 22.5 Å². The summed E-state index contributed by atoms with van der Waals surface area (Å²) in [6.45, 7) is 4.69. The van der Waals surface area contributed by atoms with Gasteiger partial charge in [0, 0.05) is 22.0 Å². The number of hydrogen-bond acceptors (Lipinski definition) is 7. The Hall–Kier alpha value is -2.97. The number of rotatable bonds is 7. The lowest BCUT2D eigenvalue weighted by atomic mass is 10.2. The quantitative estimate of drug-likeness (QED) is 0.392. The van der Waals surface area contributed by atoms with Crippen LogP contribution < -0.4 is 15.8 Å². The van der Waals surface area contributed by atoms with Crippen molar-refractivity contribution in [3.63, 3.8) is 0 Å². The number of pyridine rings is 1. The highest BCUT2D eigenvalue weighted by Gasteiger charge is 2.19. The van der Waals surface area contributed by atoms with Crippen LogP contribution in [0.5, 0.6) is 5.75 Å². The van der Waals surface area contributed by atoms with E-state index in [0.29, 0.717) is 22.3 Å². The first kappa shape index (κ1) is 20.3. The molecular weight excluding hydrogens is 416 g/mol. The van der Waals surface area contributed by atoms with Crippen LogP contribution >= 0.6 is 22.7 Å². The Balaban J connectivity index is 1.52. The molecule has 0 saturated carbocycles. The molecule has 154 valence electrons. The van der Waals surface area contributed by atoms with Crippen LogP contribution in [0.15, 0.2) is 41.8 Å². The number of fused-ring (bicyclic) bond motifs is 1. The lowest BCUT2D eigenvalue weighted by molar-refractivity contribution is 0.103. The van der Waals surface area contributed by atoms with Gasteiger partial charge >= 0.3 is 0 Å². The number of anilines is 2. The number of thiophene rings is 1. The number of aryl methyl sites for hydroxylation is 1. The maximum Gasteiger partial charge on any atom is 0.269 e. The van der Waals surface area contributed by atoms with Gasteiger partial charge in [-0.05, 0) is 49.7 Å². The topological polar surface area (TPSA) is 90.1 Å². The largest absolute Gasteiger partial charge is 0.494 e. The Kier molecular flexibility index (Phi) is 5.96. The maximum absolute atomic E-state index is 12.8. The van der Waals surface area contributed by atoms with Crippen LogP contribution in [0.1, 0.15) is 35.6 Å². The first-order valence-electron chi connectivity index (χ1n) is 9.77. The van der Waals surface area contributed by atoms with E-state index in [1.165, 1.54) is 22.7 Å². The van der Waals surface area contributed by atoms with Crippen molar-refractivity contribution in [1.29, 1.82) is 0 Å². The predicted molar refractivity (Wildman–Crippen MR) is 125 cm³/mol. The molecule has 0 spiro atoms. The van der Waals surface area contributed by atoms with E-state index in [-0.39, 0.29) is 5.91 Å². The van der Waals surface area contributed by atoms with Crippen LogP contribution in [0.2, 0.25) is 0 Å². The molecule has 0 atom stereocenters. The molecule has 4 aromatic rings. The summed E-state index contributed by atoms with van der Waals surface area (Å²) < 4.78 is 5.47. The van der Waals surface area contributed by atoms with Crippen molar-refractivity contribution in [2.24, 2.45) is 0 Å². The summed E-state index contributed by atoms with van der Waals surface area (Å²) in [6, 6.07) is 11.6. The molecule has 3 N–H and O–H groups in total. The summed E-state index contributed by atoms with van der Waals surface area (Å²) in [6.07, 6.45) is 1.93. The third-order valence-corrected chi connectivity index (χ3v) is 6.42. The van der Waals surface area contributed by atoms with Gasteiger partial charge in [0.25, 0.3) is 5.91 Å². The predicted octanol–water partition coefficient (Wildman–Crippen LogP) is 5.61. The number of nitrogen functional groups attached to an aromatic ring is 1. The molecule has 0 bridgehead atoms. The van der Waals surface area contributed by atoms with Crippen molar-refractivity contribution in [2.45, 2.75) is 26.7 Å². The van der Waals surface area contributed by atoms with Crippen LogP contribution in [0.3, 0.4) is 0 Å². The molecule has 0 radical (unpaired) electrons. The van der Waals surface area contributed by atoms with Gasteiger partial charge in [0.1, 0.15) is 15.5 Å². The van der Waals surface area contributed by atoms with Gasteiger partial charge in [-0.1, -0.05) is 13.3 Å². The third kappa shape index (κ3) is 4.15. The number of aromatic nitrogens is 2. The van der Waals surface area contributed by atoms with Crippen LogP contribution in [0.25, 0.3) is 21.5 Å². The summed E-state index contributed by atoms with van der Waals surface area (Å²) in [5.41, 5.74) is 9.47. The average molecular weight is 439 g/mol. The van der Waals surface area contributed by atoms with Gasteiger partial charge in [-0.25, -0.2) is 9.97 Å². The second-order valence-electron chi connectivity index (χ2n) is 6.70. The monoisotopic (exact) mass is 438 g/mol. The van der Waals surface area contributed by atoms with Gasteiger partial charge in [-0.15, -0.1) is 22.7 Å². The zero-order chi connectivity index (χ0) is 21.1. The van der Waals surface area contributed by atoms with E-state index in [1.807, 2.05) is 48.7 Å². The SMILES string of the molecule is CCCc1ccc2c(N)c(C(=O)Nc3nc(-c4ccc(OCC)cc4)cs3)sc2n1. The fourth-order valence-corrected chi connectivity index (χ4v) is 4.83. The Labute approximate surface area is 182 Å². The first-order chi connectivity index (χ1) is 14.6. The van der Waals surface area contributed by atoms with Crippen LogP contribution in [-0.2, 0) is 6.42 Å². The molecule has 0 aliphatic heterocycles. The zero-order valence-corrected chi connectivity index (χ0v) is 18.4. The number of nitrogens with zero attached hydrogens (tertiary/aromatic N) is 2. The van der Waals surface area contributed by atoms with Gasteiger partial charge in [-0.3, -0.25) is 10.1 Å². The molecule has 0 aliphatic rings. The minimum absolute atomic E-state index is 0.264. The van der Waals surface area contributed by atoms with Gasteiger partial charge < -0.3 is 10.5 Å². The number of benzene rings is 1. The molecular formula is C22H22N4O2S2. The maximum atomic E-state index is 12.8. The van der Waals surface area contributed by atoms with Crippen molar-refractivity contribution < 1.29 is 9.53 Å². The van der Waals surface area contributed by atoms with E-state index >= 15 is 0 Å².